The van der Waals surface area contributed by atoms with E-state index in [9.17, 15) is 4.79 Å². The normalized spacial score (nSPS) is 12.9. The summed E-state index contributed by atoms with van der Waals surface area (Å²) in [7, 11) is 0. The molecular weight excluding hydrogens is 226 g/mol. The second kappa shape index (κ2) is 6.43. The van der Waals surface area contributed by atoms with Crippen LogP contribution in [0.4, 0.5) is 4.79 Å². The molecule has 0 saturated heterocycles. The molecule has 18 heavy (non-hydrogen) atoms. The highest BCUT2D eigenvalue weighted by Gasteiger charge is 2.18. The van der Waals surface area contributed by atoms with E-state index in [2.05, 4.69) is 24.4 Å². The van der Waals surface area contributed by atoms with Crippen LogP contribution in [0.25, 0.3) is 0 Å². The lowest BCUT2D eigenvalue weighted by Gasteiger charge is -2.23. The number of benzene rings is 1. The van der Waals surface area contributed by atoms with Crippen molar-refractivity contribution in [1.82, 2.24) is 5.32 Å². The van der Waals surface area contributed by atoms with E-state index < -0.39 is 5.60 Å². The average Bonchev–Trinajstić information content (AvgIpc) is 2.27. The van der Waals surface area contributed by atoms with Gasteiger partial charge >= 0.3 is 6.09 Å². The van der Waals surface area contributed by atoms with E-state index in [0.717, 1.165) is 12.8 Å². The van der Waals surface area contributed by atoms with Gasteiger partial charge in [-0.05, 0) is 39.2 Å². The van der Waals surface area contributed by atoms with E-state index in [1.165, 1.54) is 5.56 Å². The minimum atomic E-state index is -0.449. The number of ether oxygens (including phenoxy) is 1. The van der Waals surface area contributed by atoms with Crippen molar-refractivity contribution in [3.63, 3.8) is 0 Å². The molecule has 3 heteroatoms. The highest BCUT2D eigenvalue weighted by molar-refractivity contribution is 5.68. The largest absolute Gasteiger partial charge is 0.444 e. The van der Waals surface area contributed by atoms with Gasteiger partial charge in [-0.25, -0.2) is 4.79 Å². The Labute approximate surface area is 110 Å². The predicted octanol–water partition coefficient (Wildman–Crippen LogP) is 3.53. The zero-order valence-electron chi connectivity index (χ0n) is 11.7. The third kappa shape index (κ3) is 5.71. The minimum Gasteiger partial charge on any atom is -0.444 e. The fraction of sp³-hybridized carbons (Fsp3) is 0.533. The van der Waals surface area contributed by atoms with Crippen LogP contribution in [0.5, 0.6) is 0 Å². The molecule has 0 aliphatic rings. The van der Waals surface area contributed by atoms with Crippen LogP contribution in [0.3, 0.4) is 0 Å². The summed E-state index contributed by atoms with van der Waals surface area (Å²) in [6.07, 6.45) is 1.37. The second-order valence-electron chi connectivity index (χ2n) is 5.44. The van der Waals surface area contributed by atoms with Gasteiger partial charge in [-0.1, -0.05) is 37.3 Å². The first-order valence-corrected chi connectivity index (χ1v) is 6.44. The van der Waals surface area contributed by atoms with E-state index in [0.29, 0.717) is 0 Å². The molecule has 0 spiro atoms. The van der Waals surface area contributed by atoms with Crippen LogP contribution in [-0.2, 0) is 11.2 Å². The van der Waals surface area contributed by atoms with Gasteiger partial charge in [0.25, 0.3) is 0 Å². The third-order valence-corrected chi connectivity index (χ3v) is 2.54. The Morgan fingerprint density at radius 1 is 1.28 bits per heavy atom. The molecule has 0 aliphatic heterocycles. The summed E-state index contributed by atoms with van der Waals surface area (Å²) in [5, 5.41) is 2.91. The fourth-order valence-corrected chi connectivity index (χ4v) is 1.67. The van der Waals surface area contributed by atoms with Gasteiger partial charge in [0.05, 0.1) is 0 Å². The number of nitrogens with one attached hydrogen (secondary N) is 1. The number of rotatable bonds is 4. The zero-order valence-corrected chi connectivity index (χ0v) is 11.7. The number of hydrogen-bond donors (Lipinski definition) is 1. The average molecular weight is 249 g/mol. The number of carbonyl (C=O) groups excluding carboxylic acids is 1. The van der Waals surface area contributed by atoms with Gasteiger partial charge in [0.2, 0.25) is 0 Å². The maximum absolute atomic E-state index is 11.7. The maximum atomic E-state index is 11.7. The molecule has 1 rings (SSSR count). The van der Waals surface area contributed by atoms with E-state index in [4.69, 9.17) is 4.74 Å². The number of alkyl carbamates (subject to hydrolysis) is 1. The molecule has 1 N–H and O–H groups in total. The Kier molecular flexibility index (Phi) is 5.20. The summed E-state index contributed by atoms with van der Waals surface area (Å²) in [5.74, 6) is 0. The van der Waals surface area contributed by atoms with Gasteiger partial charge < -0.3 is 10.1 Å². The molecular formula is C15H23NO2. The summed E-state index contributed by atoms with van der Waals surface area (Å²) in [6.45, 7) is 7.66. The van der Waals surface area contributed by atoms with Crippen molar-refractivity contribution in [3.05, 3.63) is 35.9 Å². The van der Waals surface area contributed by atoms with Gasteiger partial charge in [0.15, 0.2) is 0 Å². The van der Waals surface area contributed by atoms with Crippen LogP contribution in [0.1, 0.15) is 39.7 Å². The van der Waals surface area contributed by atoms with E-state index in [1.54, 1.807) is 0 Å². The highest BCUT2D eigenvalue weighted by Crippen LogP contribution is 2.09. The summed E-state index contributed by atoms with van der Waals surface area (Å²) in [6, 6.07) is 10.3. The summed E-state index contributed by atoms with van der Waals surface area (Å²) >= 11 is 0. The minimum absolute atomic E-state index is 0.113. The number of amides is 1. The van der Waals surface area contributed by atoms with Crippen LogP contribution in [-0.4, -0.2) is 17.7 Å². The lowest BCUT2D eigenvalue weighted by molar-refractivity contribution is 0.0503. The van der Waals surface area contributed by atoms with Gasteiger partial charge in [-0.2, -0.15) is 0 Å². The van der Waals surface area contributed by atoms with Gasteiger partial charge in [0.1, 0.15) is 5.60 Å². The van der Waals surface area contributed by atoms with Crippen LogP contribution < -0.4 is 5.32 Å². The maximum Gasteiger partial charge on any atom is 0.407 e. The quantitative estimate of drug-likeness (QED) is 0.886. The van der Waals surface area contributed by atoms with Gasteiger partial charge in [0, 0.05) is 6.04 Å². The molecule has 1 amide bonds. The molecule has 0 heterocycles. The smallest absolute Gasteiger partial charge is 0.407 e. The highest BCUT2D eigenvalue weighted by atomic mass is 16.6. The Hall–Kier alpha value is -1.51. The first kappa shape index (κ1) is 14.6. The van der Waals surface area contributed by atoms with Crippen molar-refractivity contribution >= 4 is 6.09 Å². The van der Waals surface area contributed by atoms with Gasteiger partial charge in [-0.15, -0.1) is 0 Å². The van der Waals surface area contributed by atoms with Crippen molar-refractivity contribution in [2.45, 2.75) is 52.2 Å². The standard InChI is InChI=1S/C15H23NO2/c1-5-13(11-12-9-7-6-8-10-12)16-14(17)18-15(2,3)4/h6-10,13H,5,11H2,1-4H3,(H,16,17). The molecule has 0 aromatic heterocycles. The molecule has 0 aliphatic carbocycles. The van der Waals surface area contributed by atoms with Crippen molar-refractivity contribution in [3.8, 4) is 0 Å². The van der Waals surface area contributed by atoms with E-state index >= 15 is 0 Å². The first-order chi connectivity index (χ1) is 8.40. The van der Waals surface area contributed by atoms with Crippen molar-refractivity contribution in [2.24, 2.45) is 0 Å². The Bertz CT molecular complexity index is 368. The molecule has 1 aromatic rings. The van der Waals surface area contributed by atoms with Crippen LogP contribution in [0, 0.1) is 0 Å². The van der Waals surface area contributed by atoms with Crippen LogP contribution >= 0.6 is 0 Å². The van der Waals surface area contributed by atoms with Gasteiger partial charge in [-0.3, -0.25) is 0 Å². The zero-order chi connectivity index (χ0) is 13.6. The third-order valence-electron chi connectivity index (χ3n) is 2.54. The van der Waals surface area contributed by atoms with Crippen LogP contribution in [0.15, 0.2) is 30.3 Å². The topological polar surface area (TPSA) is 38.3 Å². The fourth-order valence-electron chi connectivity index (χ4n) is 1.67. The van der Waals surface area contributed by atoms with Crippen LogP contribution in [0.2, 0.25) is 0 Å². The van der Waals surface area contributed by atoms with Crippen molar-refractivity contribution < 1.29 is 9.53 Å². The molecule has 1 aromatic carbocycles. The molecule has 1 unspecified atom stereocenters. The monoisotopic (exact) mass is 249 g/mol. The molecule has 0 saturated carbocycles. The summed E-state index contributed by atoms with van der Waals surface area (Å²) in [5.41, 5.74) is 0.773. The Morgan fingerprint density at radius 2 is 1.89 bits per heavy atom. The van der Waals surface area contributed by atoms with E-state index in [1.807, 2.05) is 39.0 Å². The van der Waals surface area contributed by atoms with Crippen molar-refractivity contribution in [2.75, 3.05) is 0 Å². The number of hydrogen-bond acceptors (Lipinski definition) is 2. The summed E-state index contributed by atoms with van der Waals surface area (Å²) in [4.78, 5) is 11.7. The number of carbonyl (C=O) groups is 1. The molecule has 0 bridgehead atoms. The lowest BCUT2D eigenvalue weighted by atomic mass is 10.0. The van der Waals surface area contributed by atoms with Crippen molar-refractivity contribution in [1.29, 1.82) is 0 Å². The molecule has 0 fully saturated rings. The predicted molar refractivity (Wildman–Crippen MR) is 73.6 cm³/mol. The lowest BCUT2D eigenvalue weighted by Crippen LogP contribution is -2.39. The SMILES string of the molecule is CCC(Cc1ccccc1)NC(=O)OC(C)(C)C. The summed E-state index contributed by atoms with van der Waals surface area (Å²) < 4.78 is 5.26. The second-order valence-corrected chi connectivity index (χ2v) is 5.44. The molecule has 0 radical (unpaired) electrons. The van der Waals surface area contributed by atoms with E-state index in [-0.39, 0.29) is 12.1 Å². The first-order valence-electron chi connectivity index (χ1n) is 6.44. The molecule has 1 atom stereocenters. The molecule has 3 nitrogen and oxygen atoms in total. The Morgan fingerprint density at radius 3 is 2.39 bits per heavy atom. The Balaban J connectivity index is 2.50. The molecule has 100 valence electrons.